The Labute approximate surface area is 207 Å². The van der Waals surface area contributed by atoms with E-state index >= 15 is 0 Å². The summed E-state index contributed by atoms with van der Waals surface area (Å²) >= 11 is 0. The normalized spacial score (nSPS) is 14.7. The molecule has 1 aliphatic rings. The zero-order chi connectivity index (χ0) is 23.9. The van der Waals surface area contributed by atoms with Crippen LogP contribution in [0.5, 0.6) is 0 Å². The van der Waals surface area contributed by atoms with Crippen molar-refractivity contribution in [2.24, 2.45) is 0 Å². The molecule has 5 aromatic carbocycles. The van der Waals surface area contributed by atoms with E-state index in [2.05, 4.69) is 109 Å². The third-order valence-corrected chi connectivity index (χ3v) is 8.82. The second-order valence-electron chi connectivity index (χ2n) is 10.8. The zero-order valence-corrected chi connectivity index (χ0v) is 20.1. The highest BCUT2D eigenvalue weighted by molar-refractivity contribution is 6.33. The summed E-state index contributed by atoms with van der Waals surface area (Å²) in [5, 5.41) is 7.70. The predicted octanol–water partition coefficient (Wildman–Crippen LogP) is 7.96. The Morgan fingerprint density at radius 1 is 0.583 bits per heavy atom. The molecule has 3 heterocycles. The van der Waals surface area contributed by atoms with Crippen molar-refractivity contribution in [3.8, 4) is 11.1 Å². The van der Waals surface area contributed by atoms with Gasteiger partial charge in [0.2, 0.25) is 0 Å². The highest BCUT2D eigenvalue weighted by Crippen LogP contribution is 2.55. The van der Waals surface area contributed by atoms with Crippen molar-refractivity contribution in [3.05, 3.63) is 102 Å². The van der Waals surface area contributed by atoms with Crippen LogP contribution >= 0.6 is 0 Å². The first kappa shape index (κ1) is 18.8. The Morgan fingerprint density at radius 2 is 1.28 bits per heavy atom. The van der Waals surface area contributed by atoms with Gasteiger partial charge in [-0.25, -0.2) is 0 Å². The lowest BCUT2D eigenvalue weighted by atomic mass is 9.79. The maximum Gasteiger partial charge on any atom is 0.0724 e. The van der Waals surface area contributed by atoms with Gasteiger partial charge in [0, 0.05) is 32.3 Å². The fourth-order valence-electron chi connectivity index (χ4n) is 7.41. The summed E-state index contributed by atoms with van der Waals surface area (Å²) in [4.78, 5) is 0. The lowest BCUT2D eigenvalue weighted by Crippen LogP contribution is -2.15. The van der Waals surface area contributed by atoms with Crippen LogP contribution in [-0.2, 0) is 5.41 Å². The number of nitrogen functional groups attached to an aromatic ring is 1. The van der Waals surface area contributed by atoms with Gasteiger partial charge in [0.15, 0.2) is 0 Å². The number of rotatable bonds is 0. The van der Waals surface area contributed by atoms with Crippen molar-refractivity contribution in [1.29, 1.82) is 0 Å². The van der Waals surface area contributed by atoms with E-state index in [1.54, 1.807) is 0 Å². The number of nitrogens with zero attached hydrogens (tertiary/aromatic N) is 2. The minimum atomic E-state index is -0.128. The molecule has 0 saturated heterocycles. The van der Waals surface area contributed by atoms with Crippen LogP contribution < -0.4 is 5.84 Å². The zero-order valence-electron chi connectivity index (χ0n) is 20.1. The van der Waals surface area contributed by atoms with E-state index in [1.807, 2.05) is 4.68 Å². The number of fused-ring (bicyclic) bond motifs is 9. The van der Waals surface area contributed by atoms with Crippen LogP contribution in [0.15, 0.2) is 91.0 Å². The van der Waals surface area contributed by atoms with E-state index in [-0.39, 0.29) is 5.41 Å². The monoisotopic (exact) mass is 461 g/mol. The molecule has 3 aromatic heterocycles. The Kier molecular flexibility index (Phi) is 3.04. The van der Waals surface area contributed by atoms with Crippen molar-refractivity contribution in [2.45, 2.75) is 19.3 Å². The third-order valence-electron chi connectivity index (χ3n) is 8.82. The molecule has 0 spiro atoms. The molecule has 9 rings (SSSR count). The first-order chi connectivity index (χ1) is 17.6. The summed E-state index contributed by atoms with van der Waals surface area (Å²) in [5.41, 5.74) is 11.2. The molecule has 36 heavy (non-hydrogen) atoms. The summed E-state index contributed by atoms with van der Waals surface area (Å²) in [7, 11) is 0. The lowest BCUT2D eigenvalue weighted by Gasteiger charge is -2.23. The summed E-state index contributed by atoms with van der Waals surface area (Å²) in [5.74, 6) is 6.89. The van der Waals surface area contributed by atoms with Crippen molar-refractivity contribution in [2.75, 3.05) is 5.84 Å². The van der Waals surface area contributed by atoms with Crippen LogP contribution in [0.4, 0.5) is 0 Å². The van der Waals surface area contributed by atoms with Crippen LogP contribution in [-0.4, -0.2) is 9.08 Å². The van der Waals surface area contributed by atoms with Gasteiger partial charge < -0.3 is 10.2 Å². The summed E-state index contributed by atoms with van der Waals surface area (Å²) < 4.78 is 4.38. The standard InChI is InChI=1S/C33H23N3/c1-33(2)23-13-5-3-9-18(23)22-17-27-30-28(31(22)33)21-12-7-11-20-19-10-4-6-14-24(19)35(32(20)21)25-15-8-16-26(29(25)30)36(27)34/h3-17H,34H2,1-2H3. The second kappa shape index (κ2) is 5.83. The quantitative estimate of drug-likeness (QED) is 0.228. The molecule has 3 nitrogen and oxygen atoms in total. The van der Waals surface area contributed by atoms with Gasteiger partial charge in [-0.2, -0.15) is 0 Å². The van der Waals surface area contributed by atoms with E-state index in [9.17, 15) is 0 Å². The summed E-state index contributed by atoms with van der Waals surface area (Å²) in [6, 6.07) is 33.4. The molecular weight excluding hydrogens is 438 g/mol. The minimum Gasteiger partial charge on any atom is -0.339 e. The van der Waals surface area contributed by atoms with Gasteiger partial charge in [-0.15, -0.1) is 0 Å². The van der Waals surface area contributed by atoms with E-state index in [4.69, 9.17) is 5.84 Å². The Balaban J connectivity index is 1.74. The van der Waals surface area contributed by atoms with Crippen LogP contribution in [0.2, 0.25) is 0 Å². The van der Waals surface area contributed by atoms with Gasteiger partial charge in [-0.05, 0) is 51.9 Å². The van der Waals surface area contributed by atoms with Gasteiger partial charge in [-0.3, -0.25) is 4.68 Å². The minimum absolute atomic E-state index is 0.128. The van der Waals surface area contributed by atoms with E-state index in [0.29, 0.717) is 0 Å². The van der Waals surface area contributed by atoms with Crippen LogP contribution in [0.1, 0.15) is 25.0 Å². The number of para-hydroxylation sites is 2. The van der Waals surface area contributed by atoms with Gasteiger partial charge in [-0.1, -0.05) is 80.6 Å². The fourth-order valence-corrected chi connectivity index (χ4v) is 7.41. The highest BCUT2D eigenvalue weighted by Gasteiger charge is 2.38. The number of hydrogen-bond acceptors (Lipinski definition) is 1. The molecule has 0 fully saturated rings. The molecule has 1 aliphatic carbocycles. The number of nitrogens with two attached hydrogens (primary N) is 1. The molecule has 0 saturated carbocycles. The molecule has 0 aliphatic heterocycles. The first-order valence-electron chi connectivity index (χ1n) is 12.6. The molecule has 0 bridgehead atoms. The Morgan fingerprint density at radius 3 is 2.19 bits per heavy atom. The topological polar surface area (TPSA) is 35.4 Å². The highest BCUT2D eigenvalue weighted by atomic mass is 15.3. The third kappa shape index (κ3) is 1.86. The molecule has 3 heteroatoms. The summed E-state index contributed by atoms with van der Waals surface area (Å²) in [6.45, 7) is 4.76. The maximum absolute atomic E-state index is 6.89. The van der Waals surface area contributed by atoms with Crippen molar-refractivity contribution in [3.63, 3.8) is 0 Å². The molecule has 0 atom stereocenters. The first-order valence-corrected chi connectivity index (χ1v) is 12.6. The van der Waals surface area contributed by atoms with E-state index in [1.165, 1.54) is 71.1 Å². The van der Waals surface area contributed by atoms with E-state index < -0.39 is 0 Å². The van der Waals surface area contributed by atoms with Crippen LogP contribution in [0.3, 0.4) is 0 Å². The SMILES string of the molecule is CC1(C)c2ccccc2-c2cc3c4c(c21)c1cccc2c5ccccc5n(c5cccc(c45)n3N)c21. The molecular formula is C33H23N3. The molecule has 0 unspecified atom stereocenters. The van der Waals surface area contributed by atoms with Gasteiger partial charge in [0.05, 0.1) is 27.6 Å². The van der Waals surface area contributed by atoms with Crippen molar-refractivity contribution in [1.82, 2.24) is 9.08 Å². The molecule has 8 aromatic rings. The van der Waals surface area contributed by atoms with Crippen molar-refractivity contribution < 1.29 is 0 Å². The molecule has 170 valence electrons. The Bertz CT molecular complexity index is 2240. The number of hydrogen-bond donors (Lipinski definition) is 1. The number of benzene rings is 5. The Hall–Kier alpha value is -4.50. The van der Waals surface area contributed by atoms with Gasteiger partial charge in [0.25, 0.3) is 0 Å². The molecule has 0 radical (unpaired) electrons. The van der Waals surface area contributed by atoms with Crippen molar-refractivity contribution >= 4 is 59.9 Å². The van der Waals surface area contributed by atoms with E-state index in [0.717, 1.165) is 11.0 Å². The van der Waals surface area contributed by atoms with Crippen LogP contribution in [0.25, 0.3) is 71.0 Å². The maximum atomic E-state index is 6.89. The molecule has 2 N–H and O–H groups in total. The predicted molar refractivity (Wildman–Crippen MR) is 152 cm³/mol. The van der Waals surface area contributed by atoms with Gasteiger partial charge >= 0.3 is 0 Å². The average molecular weight is 462 g/mol. The summed E-state index contributed by atoms with van der Waals surface area (Å²) in [6.07, 6.45) is 0. The van der Waals surface area contributed by atoms with Gasteiger partial charge in [0.1, 0.15) is 0 Å². The lowest BCUT2D eigenvalue weighted by molar-refractivity contribution is 0.667. The molecule has 0 amide bonds. The van der Waals surface area contributed by atoms with Crippen LogP contribution in [0, 0.1) is 0 Å². The average Bonchev–Trinajstić information content (AvgIpc) is 3.44. The fraction of sp³-hybridized carbons (Fsp3) is 0.0909. The smallest absolute Gasteiger partial charge is 0.0724 e. The number of aromatic nitrogens is 2. The second-order valence-corrected chi connectivity index (χ2v) is 10.8. The largest absolute Gasteiger partial charge is 0.339 e.